The van der Waals surface area contributed by atoms with Gasteiger partial charge in [-0.2, -0.15) is 4.98 Å². The Balaban J connectivity index is 2.07. The van der Waals surface area contributed by atoms with Crippen molar-refractivity contribution in [3.63, 3.8) is 0 Å². The molecule has 0 aliphatic heterocycles. The number of hydrogen-bond acceptors (Lipinski definition) is 5. The number of hydrogen-bond donors (Lipinski definition) is 1. The third kappa shape index (κ3) is 2.94. The summed E-state index contributed by atoms with van der Waals surface area (Å²) < 4.78 is 7.32. The van der Waals surface area contributed by atoms with Crippen molar-refractivity contribution in [3.05, 3.63) is 22.8 Å². The van der Waals surface area contributed by atoms with E-state index in [0.717, 1.165) is 4.47 Å². The largest absolute Gasteiger partial charge is 0.465 e. The summed E-state index contributed by atoms with van der Waals surface area (Å²) in [5.41, 5.74) is 0.708. The minimum atomic E-state index is -0.326. The van der Waals surface area contributed by atoms with E-state index in [4.69, 9.17) is 4.74 Å². The zero-order valence-corrected chi connectivity index (χ0v) is 10.8. The topological polar surface area (TPSA) is 68.5 Å². The lowest BCUT2D eigenvalue weighted by Crippen LogP contribution is -2.17. The van der Waals surface area contributed by atoms with Crippen molar-refractivity contribution in [2.24, 2.45) is 0 Å². The van der Waals surface area contributed by atoms with Crippen LogP contribution >= 0.6 is 15.9 Å². The van der Waals surface area contributed by atoms with Crippen LogP contribution in [-0.4, -0.2) is 33.7 Å². The molecule has 0 aliphatic carbocycles. The maximum absolute atomic E-state index is 11.1. The molecular weight excluding hydrogens is 288 g/mol. The van der Waals surface area contributed by atoms with Crippen molar-refractivity contribution in [2.75, 3.05) is 18.5 Å². The van der Waals surface area contributed by atoms with Crippen LogP contribution in [0.1, 0.15) is 6.92 Å². The Kier molecular flexibility index (Phi) is 3.58. The number of aromatic nitrogens is 3. The summed E-state index contributed by atoms with van der Waals surface area (Å²) in [7, 11) is 0. The molecule has 2 heterocycles. The molecule has 0 unspecified atom stereocenters. The number of ether oxygens (including phenoxy) is 1. The molecule has 0 saturated heterocycles. The normalized spacial score (nSPS) is 10.5. The second kappa shape index (κ2) is 5.13. The zero-order chi connectivity index (χ0) is 12.3. The van der Waals surface area contributed by atoms with Crippen LogP contribution in [0.25, 0.3) is 5.65 Å². The van der Waals surface area contributed by atoms with Gasteiger partial charge in [-0.05, 0) is 35.0 Å². The van der Waals surface area contributed by atoms with E-state index >= 15 is 0 Å². The average molecular weight is 299 g/mol. The summed E-state index contributed by atoms with van der Waals surface area (Å²) in [6.07, 6.45) is 1.79. The minimum absolute atomic E-state index is 0.0614. The molecule has 0 fully saturated rings. The molecule has 2 rings (SSSR count). The van der Waals surface area contributed by atoms with Crippen LogP contribution in [0.5, 0.6) is 0 Å². The standard InChI is InChI=1S/C10H11BrN4O2/c1-2-17-9(16)5-12-10-13-8-4-3-7(11)6-15(8)14-10/h3-4,6H,2,5H2,1H3,(H,12,14). The fourth-order valence-corrected chi connectivity index (χ4v) is 1.62. The van der Waals surface area contributed by atoms with Crippen molar-refractivity contribution in [2.45, 2.75) is 6.92 Å². The molecule has 0 spiro atoms. The van der Waals surface area contributed by atoms with E-state index in [1.54, 1.807) is 17.6 Å². The second-order valence-corrected chi connectivity index (χ2v) is 4.16. The number of esters is 1. The quantitative estimate of drug-likeness (QED) is 0.866. The van der Waals surface area contributed by atoms with E-state index in [2.05, 4.69) is 31.3 Å². The van der Waals surface area contributed by atoms with Gasteiger partial charge < -0.3 is 10.1 Å². The van der Waals surface area contributed by atoms with Crippen LogP contribution in [-0.2, 0) is 9.53 Å². The van der Waals surface area contributed by atoms with Crippen LogP contribution in [0.3, 0.4) is 0 Å². The van der Waals surface area contributed by atoms with Crippen molar-refractivity contribution in [1.29, 1.82) is 0 Å². The molecule has 0 saturated carbocycles. The Morgan fingerprint density at radius 3 is 3.18 bits per heavy atom. The molecule has 7 heteroatoms. The van der Waals surface area contributed by atoms with E-state index in [1.807, 2.05) is 12.1 Å². The number of nitrogens with one attached hydrogen (secondary N) is 1. The van der Waals surface area contributed by atoms with Gasteiger partial charge in [0.15, 0.2) is 5.65 Å². The smallest absolute Gasteiger partial charge is 0.325 e. The molecule has 1 N–H and O–H groups in total. The third-order valence-corrected chi connectivity index (χ3v) is 2.46. The first-order chi connectivity index (χ1) is 8.19. The molecule has 0 amide bonds. The number of fused-ring (bicyclic) bond motifs is 1. The summed E-state index contributed by atoms with van der Waals surface area (Å²) in [4.78, 5) is 15.3. The number of nitrogens with zero attached hydrogens (tertiary/aromatic N) is 3. The van der Waals surface area contributed by atoms with Gasteiger partial charge in [0.2, 0.25) is 5.95 Å². The van der Waals surface area contributed by atoms with Crippen LogP contribution in [0.4, 0.5) is 5.95 Å². The predicted octanol–water partition coefficient (Wildman–Crippen LogP) is 1.47. The summed E-state index contributed by atoms with van der Waals surface area (Å²) in [6.45, 7) is 2.19. The Morgan fingerprint density at radius 1 is 1.59 bits per heavy atom. The molecule has 0 atom stereocenters. The van der Waals surface area contributed by atoms with Gasteiger partial charge in [-0.25, -0.2) is 4.52 Å². The molecule has 17 heavy (non-hydrogen) atoms. The van der Waals surface area contributed by atoms with Crippen LogP contribution < -0.4 is 5.32 Å². The Morgan fingerprint density at radius 2 is 2.41 bits per heavy atom. The van der Waals surface area contributed by atoms with Gasteiger partial charge in [0.1, 0.15) is 6.54 Å². The molecule has 2 aromatic heterocycles. The van der Waals surface area contributed by atoms with Gasteiger partial charge in [0.25, 0.3) is 0 Å². The van der Waals surface area contributed by atoms with Gasteiger partial charge in [-0.1, -0.05) is 0 Å². The summed E-state index contributed by atoms with van der Waals surface area (Å²) in [5.74, 6) is 0.0729. The highest BCUT2D eigenvalue weighted by Gasteiger charge is 2.06. The molecule has 90 valence electrons. The predicted molar refractivity (Wildman–Crippen MR) is 65.8 cm³/mol. The Labute approximate surface area is 106 Å². The average Bonchev–Trinajstić information content (AvgIpc) is 2.68. The summed E-state index contributed by atoms with van der Waals surface area (Å²) in [5, 5.41) is 6.97. The first kappa shape index (κ1) is 11.8. The van der Waals surface area contributed by atoms with E-state index in [0.29, 0.717) is 18.2 Å². The van der Waals surface area contributed by atoms with Crippen LogP contribution in [0.15, 0.2) is 22.8 Å². The number of carbonyl (C=O) groups is 1. The number of halogens is 1. The minimum Gasteiger partial charge on any atom is -0.465 e. The van der Waals surface area contributed by atoms with Crippen molar-refractivity contribution in [3.8, 4) is 0 Å². The van der Waals surface area contributed by atoms with Gasteiger partial charge in [0, 0.05) is 10.7 Å². The fraction of sp³-hybridized carbons (Fsp3) is 0.300. The highest BCUT2D eigenvalue weighted by molar-refractivity contribution is 9.10. The monoisotopic (exact) mass is 298 g/mol. The van der Waals surface area contributed by atoms with Crippen molar-refractivity contribution < 1.29 is 9.53 Å². The third-order valence-electron chi connectivity index (χ3n) is 1.99. The molecule has 0 aromatic carbocycles. The Hall–Kier alpha value is -1.63. The summed E-state index contributed by atoms with van der Waals surface area (Å²) in [6, 6.07) is 3.70. The van der Waals surface area contributed by atoms with Crippen LogP contribution in [0, 0.1) is 0 Å². The maximum atomic E-state index is 11.1. The summed E-state index contributed by atoms with van der Waals surface area (Å²) >= 11 is 3.34. The van der Waals surface area contributed by atoms with E-state index in [-0.39, 0.29) is 12.5 Å². The zero-order valence-electron chi connectivity index (χ0n) is 9.18. The Bertz CT molecular complexity index is 540. The highest BCUT2D eigenvalue weighted by Crippen LogP contribution is 2.11. The van der Waals surface area contributed by atoms with E-state index in [9.17, 15) is 4.79 Å². The molecule has 0 bridgehead atoms. The fourth-order valence-electron chi connectivity index (χ4n) is 1.30. The van der Waals surface area contributed by atoms with Gasteiger partial charge >= 0.3 is 5.97 Å². The number of pyridine rings is 1. The molecule has 2 aromatic rings. The highest BCUT2D eigenvalue weighted by atomic mass is 79.9. The van der Waals surface area contributed by atoms with Crippen LogP contribution in [0.2, 0.25) is 0 Å². The van der Waals surface area contributed by atoms with Gasteiger partial charge in [-0.3, -0.25) is 4.79 Å². The SMILES string of the molecule is CCOC(=O)CNc1nc2ccc(Br)cn2n1. The van der Waals surface area contributed by atoms with Crippen molar-refractivity contribution >= 4 is 33.5 Å². The second-order valence-electron chi connectivity index (χ2n) is 3.24. The van der Waals surface area contributed by atoms with Crippen molar-refractivity contribution in [1.82, 2.24) is 14.6 Å². The lowest BCUT2D eigenvalue weighted by Gasteiger charge is -2.00. The molecule has 0 radical (unpaired) electrons. The molecular formula is C10H11BrN4O2. The number of rotatable bonds is 4. The van der Waals surface area contributed by atoms with E-state index in [1.165, 1.54) is 0 Å². The number of carbonyl (C=O) groups excluding carboxylic acids is 1. The lowest BCUT2D eigenvalue weighted by molar-refractivity contribution is -0.140. The lowest BCUT2D eigenvalue weighted by atomic mass is 10.5. The van der Waals surface area contributed by atoms with E-state index < -0.39 is 0 Å². The first-order valence-corrected chi connectivity index (χ1v) is 5.90. The molecule has 6 nitrogen and oxygen atoms in total. The first-order valence-electron chi connectivity index (χ1n) is 5.10. The van der Waals surface area contributed by atoms with Gasteiger partial charge in [0.05, 0.1) is 6.61 Å². The maximum Gasteiger partial charge on any atom is 0.325 e. The van der Waals surface area contributed by atoms with Gasteiger partial charge in [-0.15, -0.1) is 5.10 Å². The molecule has 0 aliphatic rings. The number of anilines is 1.